The number of benzene rings is 1. The lowest BCUT2D eigenvalue weighted by Gasteiger charge is -2.21. The summed E-state index contributed by atoms with van der Waals surface area (Å²) in [4.78, 5) is 0. The molecule has 0 heterocycles. The average Bonchev–Trinajstić information content (AvgIpc) is 2.27. The number of aryl methyl sites for hydroxylation is 1. The molecule has 3 heteroatoms. The van der Waals surface area contributed by atoms with E-state index in [1.54, 1.807) is 14.2 Å². The van der Waals surface area contributed by atoms with E-state index in [0.717, 1.165) is 6.42 Å². The molecule has 0 aliphatic rings. The second kappa shape index (κ2) is 6.05. The molecule has 1 rings (SSSR count). The fourth-order valence-corrected chi connectivity index (χ4v) is 3.59. The SMILES string of the molecule is CCC(c1ccc(C)cc1)[SiH](OC)OC. The molecular formula is C12H20O2Si. The standard InChI is InChI=1S/C12H20O2Si/c1-5-12(15(13-3)14-4)11-8-6-10(2)7-9-11/h6-9,12,15H,5H2,1-4H3. The molecule has 0 aliphatic heterocycles. The van der Waals surface area contributed by atoms with E-state index < -0.39 is 9.28 Å². The zero-order valence-corrected chi connectivity index (χ0v) is 11.1. The number of rotatable bonds is 5. The third-order valence-electron chi connectivity index (χ3n) is 2.74. The van der Waals surface area contributed by atoms with Crippen LogP contribution in [-0.4, -0.2) is 23.5 Å². The number of hydrogen-bond acceptors (Lipinski definition) is 2. The minimum absolute atomic E-state index is 0.445. The minimum atomic E-state index is -1.55. The summed E-state index contributed by atoms with van der Waals surface area (Å²) in [5, 5.41) is 0. The highest BCUT2D eigenvalue weighted by Gasteiger charge is 2.24. The Kier molecular flexibility index (Phi) is 5.01. The summed E-state index contributed by atoms with van der Waals surface area (Å²) in [5.41, 5.74) is 3.07. The van der Waals surface area contributed by atoms with Crippen molar-refractivity contribution in [1.82, 2.24) is 0 Å². The molecule has 1 atom stereocenters. The van der Waals surface area contributed by atoms with Crippen LogP contribution in [0, 0.1) is 6.92 Å². The molecule has 2 nitrogen and oxygen atoms in total. The Bertz CT molecular complexity index is 280. The van der Waals surface area contributed by atoms with Gasteiger partial charge in [0.1, 0.15) is 0 Å². The third-order valence-corrected chi connectivity index (χ3v) is 5.18. The highest BCUT2D eigenvalue weighted by molar-refractivity contribution is 6.46. The highest BCUT2D eigenvalue weighted by atomic mass is 28.3. The molecule has 15 heavy (non-hydrogen) atoms. The molecule has 0 bridgehead atoms. The Morgan fingerprint density at radius 3 is 2.07 bits per heavy atom. The van der Waals surface area contributed by atoms with Gasteiger partial charge in [0.2, 0.25) is 0 Å². The smallest absolute Gasteiger partial charge is 0.328 e. The van der Waals surface area contributed by atoms with E-state index in [0.29, 0.717) is 5.54 Å². The Balaban J connectivity index is 2.86. The van der Waals surface area contributed by atoms with Crippen LogP contribution in [0.4, 0.5) is 0 Å². The summed E-state index contributed by atoms with van der Waals surface area (Å²) in [6.45, 7) is 4.29. The van der Waals surface area contributed by atoms with Crippen LogP contribution in [0.3, 0.4) is 0 Å². The van der Waals surface area contributed by atoms with Gasteiger partial charge in [0, 0.05) is 19.8 Å². The largest absolute Gasteiger partial charge is 0.400 e. The molecule has 0 spiro atoms. The highest BCUT2D eigenvalue weighted by Crippen LogP contribution is 2.23. The van der Waals surface area contributed by atoms with Gasteiger partial charge in [0.15, 0.2) is 0 Å². The van der Waals surface area contributed by atoms with Gasteiger partial charge in [0.05, 0.1) is 0 Å². The first-order valence-corrected chi connectivity index (χ1v) is 6.96. The Morgan fingerprint density at radius 2 is 1.67 bits per heavy atom. The molecule has 0 aromatic heterocycles. The molecule has 0 amide bonds. The van der Waals surface area contributed by atoms with Gasteiger partial charge in [-0.15, -0.1) is 0 Å². The van der Waals surface area contributed by atoms with Crippen LogP contribution in [0.5, 0.6) is 0 Å². The maximum Gasteiger partial charge on any atom is 0.328 e. The number of hydrogen-bond donors (Lipinski definition) is 0. The average molecular weight is 224 g/mol. The van der Waals surface area contributed by atoms with Gasteiger partial charge in [-0.3, -0.25) is 0 Å². The van der Waals surface area contributed by atoms with Crippen molar-refractivity contribution in [3.05, 3.63) is 35.4 Å². The molecule has 1 aromatic carbocycles. The van der Waals surface area contributed by atoms with Gasteiger partial charge in [-0.05, 0) is 18.9 Å². The zero-order valence-electron chi connectivity index (χ0n) is 9.99. The Labute approximate surface area is 94.1 Å². The van der Waals surface area contributed by atoms with Crippen molar-refractivity contribution in [2.75, 3.05) is 14.2 Å². The van der Waals surface area contributed by atoms with Crippen molar-refractivity contribution in [3.63, 3.8) is 0 Å². The summed E-state index contributed by atoms with van der Waals surface area (Å²) in [6, 6.07) is 8.66. The van der Waals surface area contributed by atoms with Gasteiger partial charge in [-0.25, -0.2) is 0 Å². The lowest BCUT2D eigenvalue weighted by Crippen LogP contribution is -2.28. The van der Waals surface area contributed by atoms with E-state index in [-0.39, 0.29) is 0 Å². The third kappa shape index (κ3) is 3.16. The Hall–Kier alpha value is -0.643. The molecular weight excluding hydrogens is 204 g/mol. The maximum absolute atomic E-state index is 5.45. The van der Waals surface area contributed by atoms with Gasteiger partial charge in [-0.2, -0.15) is 0 Å². The predicted molar refractivity (Wildman–Crippen MR) is 65.4 cm³/mol. The summed E-state index contributed by atoms with van der Waals surface area (Å²) in [5.74, 6) is 0. The van der Waals surface area contributed by atoms with Gasteiger partial charge in [-0.1, -0.05) is 36.8 Å². The van der Waals surface area contributed by atoms with E-state index in [4.69, 9.17) is 8.85 Å². The second-order valence-electron chi connectivity index (χ2n) is 3.77. The van der Waals surface area contributed by atoms with Gasteiger partial charge >= 0.3 is 9.28 Å². The minimum Gasteiger partial charge on any atom is -0.400 e. The first-order chi connectivity index (χ1) is 7.22. The molecule has 84 valence electrons. The van der Waals surface area contributed by atoms with Crippen LogP contribution in [-0.2, 0) is 8.85 Å². The van der Waals surface area contributed by atoms with E-state index >= 15 is 0 Å². The van der Waals surface area contributed by atoms with E-state index in [9.17, 15) is 0 Å². The maximum atomic E-state index is 5.45. The first kappa shape index (κ1) is 12.4. The van der Waals surface area contributed by atoms with Crippen LogP contribution in [0.2, 0.25) is 0 Å². The van der Waals surface area contributed by atoms with E-state index in [1.165, 1.54) is 11.1 Å². The molecule has 0 fully saturated rings. The van der Waals surface area contributed by atoms with Crippen molar-refractivity contribution < 1.29 is 8.85 Å². The van der Waals surface area contributed by atoms with Gasteiger partial charge in [0.25, 0.3) is 0 Å². The normalized spacial score (nSPS) is 13.1. The van der Waals surface area contributed by atoms with Crippen molar-refractivity contribution in [2.24, 2.45) is 0 Å². The van der Waals surface area contributed by atoms with Crippen LogP contribution >= 0.6 is 0 Å². The lowest BCUT2D eigenvalue weighted by molar-refractivity contribution is 0.265. The van der Waals surface area contributed by atoms with Crippen molar-refractivity contribution in [1.29, 1.82) is 0 Å². The summed E-state index contributed by atoms with van der Waals surface area (Å²) in [7, 11) is 1.95. The molecule has 0 saturated carbocycles. The lowest BCUT2D eigenvalue weighted by atomic mass is 10.1. The van der Waals surface area contributed by atoms with Crippen molar-refractivity contribution in [3.8, 4) is 0 Å². The van der Waals surface area contributed by atoms with Gasteiger partial charge < -0.3 is 8.85 Å². The first-order valence-electron chi connectivity index (χ1n) is 5.35. The quantitative estimate of drug-likeness (QED) is 0.716. The van der Waals surface area contributed by atoms with Crippen molar-refractivity contribution in [2.45, 2.75) is 25.8 Å². The fraction of sp³-hybridized carbons (Fsp3) is 0.500. The summed E-state index contributed by atoms with van der Waals surface area (Å²) >= 11 is 0. The molecule has 1 aromatic rings. The molecule has 0 N–H and O–H groups in total. The zero-order chi connectivity index (χ0) is 11.3. The molecule has 0 saturated heterocycles. The summed E-state index contributed by atoms with van der Waals surface area (Å²) < 4.78 is 10.9. The second-order valence-corrected chi connectivity index (χ2v) is 6.25. The molecule has 0 aliphatic carbocycles. The van der Waals surface area contributed by atoms with E-state index in [1.807, 2.05) is 0 Å². The van der Waals surface area contributed by atoms with Crippen molar-refractivity contribution >= 4 is 9.28 Å². The molecule has 0 radical (unpaired) electrons. The summed E-state index contributed by atoms with van der Waals surface area (Å²) in [6.07, 6.45) is 1.07. The molecule has 1 unspecified atom stereocenters. The topological polar surface area (TPSA) is 18.5 Å². The monoisotopic (exact) mass is 224 g/mol. The van der Waals surface area contributed by atoms with Crippen LogP contribution < -0.4 is 0 Å². The van der Waals surface area contributed by atoms with Crippen LogP contribution in [0.25, 0.3) is 0 Å². The predicted octanol–water partition coefficient (Wildman–Crippen LogP) is 2.54. The van der Waals surface area contributed by atoms with Crippen LogP contribution in [0.1, 0.15) is 30.0 Å². The van der Waals surface area contributed by atoms with E-state index in [2.05, 4.69) is 38.1 Å². The fourth-order valence-electron chi connectivity index (χ4n) is 1.82. The van der Waals surface area contributed by atoms with Crippen LogP contribution in [0.15, 0.2) is 24.3 Å². The Morgan fingerprint density at radius 1 is 1.13 bits per heavy atom.